The minimum Gasteiger partial charge on any atom is -0.369 e. The summed E-state index contributed by atoms with van der Waals surface area (Å²) < 4.78 is 0. The number of benzene rings is 2. The Morgan fingerprint density at radius 3 is 2.17 bits per heavy atom. The number of amides is 1. The van der Waals surface area contributed by atoms with E-state index >= 15 is 0 Å². The third-order valence-corrected chi connectivity index (χ3v) is 4.14. The second-order valence-electron chi connectivity index (χ2n) is 5.57. The molecule has 1 aliphatic rings. The average molecular weight is 349 g/mol. The number of halogens is 2. The summed E-state index contributed by atoms with van der Waals surface area (Å²) in [4.78, 5) is 12.6. The highest BCUT2D eigenvalue weighted by atomic mass is 35.5. The summed E-state index contributed by atoms with van der Waals surface area (Å²) in [6, 6.07) is 13.6. The lowest BCUT2D eigenvalue weighted by Crippen LogP contribution is -2.43. The van der Waals surface area contributed by atoms with E-state index in [9.17, 15) is 9.90 Å². The number of nitrogens with zero attached hydrogens (tertiary/aromatic N) is 2. The molecule has 1 atom stereocenters. The van der Waals surface area contributed by atoms with Crippen LogP contribution in [0.1, 0.15) is 29.3 Å². The van der Waals surface area contributed by atoms with E-state index in [0.29, 0.717) is 21.3 Å². The molecule has 0 bridgehead atoms. The molecule has 0 fully saturated rings. The molecule has 1 heterocycles. The van der Waals surface area contributed by atoms with E-state index in [1.165, 1.54) is 0 Å². The number of carbonyl (C=O) groups is 1. The van der Waals surface area contributed by atoms with Gasteiger partial charge in [-0.25, -0.2) is 0 Å². The van der Waals surface area contributed by atoms with Gasteiger partial charge in [-0.15, -0.1) is 0 Å². The van der Waals surface area contributed by atoms with Crippen molar-refractivity contribution in [2.45, 2.75) is 19.1 Å². The van der Waals surface area contributed by atoms with Gasteiger partial charge < -0.3 is 5.11 Å². The maximum atomic E-state index is 12.6. The van der Waals surface area contributed by atoms with Crippen molar-refractivity contribution in [2.75, 3.05) is 0 Å². The lowest BCUT2D eigenvalue weighted by Gasteiger charge is -2.26. The van der Waals surface area contributed by atoms with Crippen molar-refractivity contribution in [3.8, 4) is 0 Å². The van der Waals surface area contributed by atoms with Gasteiger partial charge in [-0.05, 0) is 48.9 Å². The first kappa shape index (κ1) is 16.0. The van der Waals surface area contributed by atoms with Crippen molar-refractivity contribution >= 4 is 34.8 Å². The Labute approximate surface area is 143 Å². The molecule has 6 heteroatoms. The van der Waals surface area contributed by atoms with E-state index in [-0.39, 0.29) is 12.3 Å². The van der Waals surface area contributed by atoms with Gasteiger partial charge in [-0.1, -0.05) is 35.3 Å². The summed E-state index contributed by atoms with van der Waals surface area (Å²) in [6.45, 7) is 1.56. The number of hydrogen-bond donors (Lipinski definition) is 1. The van der Waals surface area contributed by atoms with Crippen LogP contribution >= 0.6 is 23.2 Å². The molecule has 1 unspecified atom stereocenters. The average Bonchev–Trinajstić information content (AvgIpc) is 2.83. The zero-order chi connectivity index (χ0) is 16.6. The summed E-state index contributed by atoms with van der Waals surface area (Å²) in [5.74, 6) is -0.379. The molecule has 1 N–H and O–H groups in total. The molecule has 0 radical (unpaired) electrons. The van der Waals surface area contributed by atoms with E-state index in [0.717, 1.165) is 10.6 Å². The minimum absolute atomic E-state index is 0.244. The largest absolute Gasteiger partial charge is 0.369 e. The second-order valence-corrected chi connectivity index (χ2v) is 6.44. The lowest BCUT2D eigenvalue weighted by molar-refractivity contribution is -0.0553. The fraction of sp³-hybridized carbons (Fsp3) is 0.176. The number of rotatable bonds is 2. The molecule has 3 rings (SSSR count). The van der Waals surface area contributed by atoms with Crippen molar-refractivity contribution in [1.29, 1.82) is 0 Å². The number of aliphatic hydroxyl groups is 1. The Hall–Kier alpha value is -1.88. The number of carbonyl (C=O) groups excluding carboxylic acids is 1. The van der Waals surface area contributed by atoms with Crippen LogP contribution < -0.4 is 0 Å². The summed E-state index contributed by atoms with van der Waals surface area (Å²) in [5.41, 5.74) is 0.483. The maximum absolute atomic E-state index is 12.6. The van der Waals surface area contributed by atoms with Crippen LogP contribution in [0, 0.1) is 0 Å². The second kappa shape index (κ2) is 5.96. The summed E-state index contributed by atoms with van der Waals surface area (Å²) >= 11 is 11.7. The van der Waals surface area contributed by atoms with Crippen LogP contribution in [0.5, 0.6) is 0 Å². The number of hydrogen-bond acceptors (Lipinski definition) is 3. The fourth-order valence-electron chi connectivity index (χ4n) is 2.44. The first-order valence-electron chi connectivity index (χ1n) is 7.03. The maximum Gasteiger partial charge on any atom is 0.276 e. The molecular formula is C17H14Cl2N2O2. The Kier molecular flexibility index (Phi) is 4.15. The summed E-state index contributed by atoms with van der Waals surface area (Å²) in [7, 11) is 0. The Balaban J connectivity index is 1.92. The van der Waals surface area contributed by atoms with Gasteiger partial charge in [-0.3, -0.25) is 4.79 Å². The highest BCUT2D eigenvalue weighted by Gasteiger charge is 2.41. The molecule has 0 saturated heterocycles. The van der Waals surface area contributed by atoms with Crippen LogP contribution in [0.15, 0.2) is 53.6 Å². The minimum atomic E-state index is -1.38. The van der Waals surface area contributed by atoms with E-state index < -0.39 is 5.72 Å². The van der Waals surface area contributed by atoms with Crippen molar-refractivity contribution in [2.24, 2.45) is 5.10 Å². The van der Waals surface area contributed by atoms with Crippen molar-refractivity contribution in [3.63, 3.8) is 0 Å². The van der Waals surface area contributed by atoms with Gasteiger partial charge >= 0.3 is 0 Å². The quantitative estimate of drug-likeness (QED) is 0.893. The van der Waals surface area contributed by atoms with Crippen LogP contribution in [0.25, 0.3) is 0 Å². The molecule has 0 aliphatic carbocycles. The standard InChI is InChI=1S/C17H14Cl2N2O2/c1-17(23)10-15(11-2-6-13(18)7-3-11)20-21(17)16(22)12-4-8-14(19)9-5-12/h2-9,23H,10H2,1H3. The van der Waals surface area contributed by atoms with Crippen LogP contribution in [0.4, 0.5) is 0 Å². The van der Waals surface area contributed by atoms with Crippen molar-refractivity contribution < 1.29 is 9.90 Å². The Bertz CT molecular complexity index is 768. The molecule has 2 aromatic carbocycles. The van der Waals surface area contributed by atoms with Crippen LogP contribution in [-0.2, 0) is 0 Å². The summed E-state index contributed by atoms with van der Waals surface area (Å²) in [5, 5.41) is 17.2. The molecule has 1 aliphatic heterocycles. The predicted molar refractivity (Wildman–Crippen MR) is 90.9 cm³/mol. The number of hydrazone groups is 1. The smallest absolute Gasteiger partial charge is 0.276 e. The van der Waals surface area contributed by atoms with E-state index in [1.807, 2.05) is 12.1 Å². The van der Waals surface area contributed by atoms with E-state index in [2.05, 4.69) is 5.10 Å². The molecule has 2 aromatic rings. The molecular weight excluding hydrogens is 335 g/mol. The molecule has 1 amide bonds. The molecule has 0 saturated carbocycles. The van der Waals surface area contributed by atoms with Gasteiger partial charge in [0.25, 0.3) is 5.91 Å². The van der Waals surface area contributed by atoms with E-state index in [4.69, 9.17) is 23.2 Å². The highest BCUT2D eigenvalue weighted by Crippen LogP contribution is 2.29. The van der Waals surface area contributed by atoms with Gasteiger partial charge in [0.2, 0.25) is 0 Å². The Morgan fingerprint density at radius 2 is 1.61 bits per heavy atom. The molecule has 118 valence electrons. The molecule has 0 aromatic heterocycles. The fourth-order valence-corrected chi connectivity index (χ4v) is 2.69. The zero-order valence-electron chi connectivity index (χ0n) is 12.3. The topological polar surface area (TPSA) is 52.9 Å². The third kappa shape index (κ3) is 3.24. The summed E-state index contributed by atoms with van der Waals surface area (Å²) in [6.07, 6.45) is 0.244. The third-order valence-electron chi connectivity index (χ3n) is 3.64. The monoisotopic (exact) mass is 348 g/mol. The molecule has 0 spiro atoms. The highest BCUT2D eigenvalue weighted by molar-refractivity contribution is 6.31. The molecule has 23 heavy (non-hydrogen) atoms. The van der Waals surface area contributed by atoms with Gasteiger partial charge in [0.05, 0.1) is 5.71 Å². The van der Waals surface area contributed by atoms with Crippen LogP contribution in [-0.4, -0.2) is 27.5 Å². The van der Waals surface area contributed by atoms with Crippen molar-refractivity contribution in [1.82, 2.24) is 5.01 Å². The normalized spacial score (nSPS) is 20.5. The molecule has 4 nitrogen and oxygen atoms in total. The van der Waals surface area contributed by atoms with E-state index in [1.54, 1.807) is 43.3 Å². The predicted octanol–water partition coefficient (Wildman–Crippen LogP) is 3.95. The van der Waals surface area contributed by atoms with Crippen LogP contribution in [0.3, 0.4) is 0 Å². The zero-order valence-corrected chi connectivity index (χ0v) is 13.8. The Morgan fingerprint density at radius 1 is 1.09 bits per heavy atom. The van der Waals surface area contributed by atoms with Gasteiger partial charge in [-0.2, -0.15) is 10.1 Å². The van der Waals surface area contributed by atoms with Gasteiger partial charge in [0.1, 0.15) is 0 Å². The lowest BCUT2D eigenvalue weighted by atomic mass is 10.0. The first-order valence-corrected chi connectivity index (χ1v) is 7.78. The first-order chi connectivity index (χ1) is 10.9. The van der Waals surface area contributed by atoms with Gasteiger partial charge in [0, 0.05) is 22.0 Å². The SMILES string of the molecule is CC1(O)CC(c2ccc(Cl)cc2)=NN1C(=O)c1ccc(Cl)cc1. The van der Waals surface area contributed by atoms with Crippen LogP contribution in [0.2, 0.25) is 10.0 Å². The van der Waals surface area contributed by atoms with Crippen molar-refractivity contribution in [3.05, 3.63) is 69.7 Å². The van der Waals surface area contributed by atoms with Gasteiger partial charge in [0.15, 0.2) is 5.72 Å².